The first-order valence-corrected chi connectivity index (χ1v) is 27.9. The highest BCUT2D eigenvalue weighted by Gasteiger charge is 2.52. The number of carbonyl (C=O) groups is 1. The molecule has 1 aromatic heterocycles. The predicted molar refractivity (Wildman–Crippen MR) is 272 cm³/mol. The lowest BCUT2D eigenvalue weighted by molar-refractivity contribution is -0.301. The van der Waals surface area contributed by atoms with E-state index in [9.17, 15) is 51.9 Å². The number of aromatic nitrogens is 3. The zero-order chi connectivity index (χ0) is 56.9. The molecule has 0 spiro atoms. The van der Waals surface area contributed by atoms with Crippen molar-refractivity contribution in [3.8, 4) is 5.75 Å². The molecule has 3 aliphatic rings. The lowest BCUT2D eigenvalue weighted by atomic mass is 9.77. The molecule has 4 heterocycles. The normalized spacial score (nSPS) is 38.1. The number of hydrogen-bond donors (Lipinski definition) is 5. The van der Waals surface area contributed by atoms with Gasteiger partial charge in [0.15, 0.2) is 6.29 Å². The molecule has 0 unspecified atom stereocenters. The van der Waals surface area contributed by atoms with Crippen molar-refractivity contribution in [1.82, 2.24) is 24.8 Å². The molecule has 3 fully saturated rings. The van der Waals surface area contributed by atoms with Crippen LogP contribution in [0.4, 0.5) is 13.2 Å². The highest BCUT2D eigenvalue weighted by Crippen LogP contribution is 2.39. The Balaban J connectivity index is 1.34. The topological polar surface area (TPSA) is 254 Å². The number of cyclic esters (lactones) is 1. The van der Waals surface area contributed by atoms with E-state index in [0.29, 0.717) is 44.6 Å². The molecular weight excluding hydrogens is 1020 g/mol. The van der Waals surface area contributed by atoms with Crippen LogP contribution in [0.1, 0.15) is 107 Å². The molecular formula is C52H86F3N5O15S. The van der Waals surface area contributed by atoms with Gasteiger partial charge in [-0.15, -0.1) is 5.10 Å². The van der Waals surface area contributed by atoms with Crippen LogP contribution >= 0.6 is 0 Å². The van der Waals surface area contributed by atoms with E-state index in [0.717, 1.165) is 24.3 Å². The number of likely N-dealkylation sites (N-methyl/N-ethyl adjacent to an activating group) is 2. The third kappa shape index (κ3) is 15.2. The Kier molecular flexibility index (Phi) is 21.8. The van der Waals surface area contributed by atoms with E-state index in [2.05, 4.69) is 10.3 Å². The summed E-state index contributed by atoms with van der Waals surface area (Å²) in [4.78, 5) is 17.5. The molecule has 5 N–H and O–H groups in total. The molecule has 3 aliphatic heterocycles. The number of aliphatic hydroxyl groups excluding tert-OH is 3. The molecule has 1 aromatic carbocycles. The van der Waals surface area contributed by atoms with E-state index in [1.54, 1.807) is 59.3 Å². The molecule has 24 heteroatoms. The number of esters is 1. The summed E-state index contributed by atoms with van der Waals surface area (Å²) in [5.41, 5.74) is -9.21. The number of sulfone groups is 1. The van der Waals surface area contributed by atoms with Gasteiger partial charge in [0, 0.05) is 70.2 Å². The van der Waals surface area contributed by atoms with Crippen molar-refractivity contribution in [3.05, 3.63) is 36.2 Å². The molecule has 0 saturated carbocycles. The number of nitrogens with zero attached hydrogens (tertiary/aromatic N) is 5. The van der Waals surface area contributed by atoms with Crippen molar-refractivity contribution in [1.29, 1.82) is 0 Å². The van der Waals surface area contributed by atoms with E-state index in [1.807, 2.05) is 37.7 Å². The lowest BCUT2D eigenvalue weighted by Gasteiger charge is -2.48. The minimum atomic E-state index is -5.47. The molecule has 5 rings (SSSR count). The fourth-order valence-corrected chi connectivity index (χ4v) is 12.0. The summed E-state index contributed by atoms with van der Waals surface area (Å²) in [5, 5.41) is 68.0. The predicted octanol–water partition coefficient (Wildman–Crippen LogP) is 3.91. The van der Waals surface area contributed by atoms with Crippen molar-refractivity contribution >= 4 is 15.8 Å². The third-order valence-corrected chi connectivity index (χ3v) is 17.4. The Bertz CT molecular complexity index is 2260. The number of alkyl halides is 3. The van der Waals surface area contributed by atoms with Crippen molar-refractivity contribution in [2.75, 3.05) is 47.5 Å². The van der Waals surface area contributed by atoms with E-state index in [4.69, 9.17) is 33.2 Å². The summed E-state index contributed by atoms with van der Waals surface area (Å²) in [6, 6.07) is 2.94. The third-order valence-electron chi connectivity index (χ3n) is 15.9. The summed E-state index contributed by atoms with van der Waals surface area (Å²) in [7, 11) is -0.266. The summed E-state index contributed by atoms with van der Waals surface area (Å²) in [6.07, 6.45) is -5.92. The van der Waals surface area contributed by atoms with Crippen LogP contribution in [0.5, 0.6) is 5.75 Å². The molecule has 0 amide bonds. The Morgan fingerprint density at radius 2 is 1.63 bits per heavy atom. The van der Waals surface area contributed by atoms with Gasteiger partial charge >= 0.3 is 11.5 Å². The Labute approximate surface area is 446 Å². The van der Waals surface area contributed by atoms with Crippen LogP contribution in [0.2, 0.25) is 0 Å². The number of halogens is 3. The summed E-state index contributed by atoms with van der Waals surface area (Å²) in [6.45, 7) is 18.8. The molecule has 18 atom stereocenters. The van der Waals surface area contributed by atoms with Crippen LogP contribution in [-0.4, -0.2) is 208 Å². The first kappa shape index (κ1) is 63.7. The van der Waals surface area contributed by atoms with Crippen LogP contribution in [0.15, 0.2) is 35.4 Å². The van der Waals surface area contributed by atoms with E-state index >= 15 is 0 Å². The Morgan fingerprint density at radius 1 is 0.974 bits per heavy atom. The maximum atomic E-state index is 14.4. The van der Waals surface area contributed by atoms with Crippen LogP contribution in [-0.2, 0) is 56.0 Å². The van der Waals surface area contributed by atoms with Crippen molar-refractivity contribution < 1.29 is 85.1 Å². The standard InChI is InChI=1S/C52H86F3N5O15S/c1-14-41-51(10,66)44(62)34(6)59(12)27-30(2)25-49(8,65)46(32(4)43(33(5)47(64)74-41)71-29-38-26-50(9,69-13)45(63)35(7)73-38)75-48-42(61)40(24-31(3)72-48)58(11)22-20-36-28-60(57-56-36)21-15-23-70-37-16-18-39(19-17-37)76(67,68)52(53,54)55/h16-19,28,30-35,38,40-46,48,61-63,65-66H,14-15,20-27,29H2,1-13H3/t30-,31-,32+,33-,34-,35+,38-,40+,41-,42-,43+,44-,45+,46-,48+,49-,50-,51-/m1/s1. The summed E-state index contributed by atoms with van der Waals surface area (Å²) in [5.74, 6) is -2.59. The van der Waals surface area contributed by atoms with Gasteiger partial charge in [-0.2, -0.15) is 13.2 Å². The van der Waals surface area contributed by atoms with Crippen LogP contribution in [0.25, 0.3) is 0 Å². The van der Waals surface area contributed by atoms with Crippen LogP contribution in [0, 0.1) is 17.8 Å². The molecule has 2 aromatic rings. The SMILES string of the molecule is CC[C@H]1OC(=O)[C@H](C)[C@@H](OC[C@H]2C[C@@](C)(OC)[C@@H](O)[C@H](C)O2)[C@H](C)[C@@H](O[C@@H]2O[C@H](C)C[C@H](N(C)CCc3cn(CCCOc4ccc(S(=O)(=O)C(F)(F)F)cc4)nn3)[C@H]2O)[C@](C)(O)C[C@@H](C)CN(C)[C@H](C)[C@@H](O)[C@]1(C)O. The zero-order valence-corrected chi connectivity index (χ0v) is 47.2. The molecule has 0 bridgehead atoms. The molecule has 0 aliphatic carbocycles. The van der Waals surface area contributed by atoms with Gasteiger partial charge in [0.1, 0.15) is 35.8 Å². The number of aryl methyl sites for hydroxylation is 1. The number of methoxy groups -OCH3 is 1. The second-order valence-electron chi connectivity index (χ2n) is 22.4. The van der Waals surface area contributed by atoms with E-state index in [1.165, 1.54) is 14.0 Å². The molecule has 76 heavy (non-hydrogen) atoms. The summed E-state index contributed by atoms with van der Waals surface area (Å²) >= 11 is 0. The maximum absolute atomic E-state index is 14.4. The minimum Gasteiger partial charge on any atom is -0.494 e. The van der Waals surface area contributed by atoms with Gasteiger partial charge in [-0.25, -0.2) is 8.42 Å². The fourth-order valence-electron chi connectivity index (χ4n) is 11.2. The quantitative estimate of drug-likeness (QED) is 0.111. The van der Waals surface area contributed by atoms with Crippen molar-refractivity contribution in [2.24, 2.45) is 17.8 Å². The minimum absolute atomic E-state index is 0.0516. The van der Waals surface area contributed by atoms with Gasteiger partial charge in [-0.3, -0.25) is 9.48 Å². The first-order valence-electron chi connectivity index (χ1n) is 26.4. The number of aliphatic hydroxyl groups is 5. The van der Waals surface area contributed by atoms with E-state index in [-0.39, 0.29) is 44.1 Å². The van der Waals surface area contributed by atoms with Gasteiger partial charge in [0.05, 0.1) is 71.4 Å². The monoisotopic (exact) mass is 1110 g/mol. The number of rotatable bonds is 17. The van der Waals surface area contributed by atoms with Gasteiger partial charge in [-0.05, 0) is 112 Å². The fraction of sp³-hybridized carbons (Fsp3) is 0.827. The van der Waals surface area contributed by atoms with E-state index < -0.39 is 128 Å². The highest BCUT2D eigenvalue weighted by molar-refractivity contribution is 7.92. The van der Waals surface area contributed by atoms with Gasteiger partial charge < -0.3 is 68.5 Å². The molecule has 0 radical (unpaired) electrons. The van der Waals surface area contributed by atoms with Crippen molar-refractivity contribution in [3.63, 3.8) is 0 Å². The van der Waals surface area contributed by atoms with Crippen molar-refractivity contribution in [2.45, 2.75) is 215 Å². The first-order chi connectivity index (χ1) is 35.3. The molecule has 20 nitrogen and oxygen atoms in total. The van der Waals surface area contributed by atoms with Crippen LogP contribution < -0.4 is 4.74 Å². The largest absolute Gasteiger partial charge is 0.501 e. The average Bonchev–Trinajstić information content (AvgIpc) is 3.81. The second-order valence-corrected chi connectivity index (χ2v) is 24.4. The van der Waals surface area contributed by atoms with Crippen LogP contribution in [0.3, 0.4) is 0 Å². The Morgan fingerprint density at radius 3 is 2.25 bits per heavy atom. The van der Waals surface area contributed by atoms with Gasteiger partial charge in [0.2, 0.25) is 0 Å². The summed E-state index contributed by atoms with van der Waals surface area (Å²) < 4.78 is 107. The maximum Gasteiger partial charge on any atom is 0.501 e. The Hall–Kier alpha value is -3.11. The number of benzene rings is 1. The number of hydrogen-bond acceptors (Lipinski definition) is 19. The highest BCUT2D eigenvalue weighted by atomic mass is 32.2. The number of ether oxygens (including phenoxy) is 7. The lowest BCUT2D eigenvalue weighted by Crippen LogP contribution is -2.60. The smallest absolute Gasteiger partial charge is 0.494 e. The molecule has 436 valence electrons. The average molecular weight is 1110 g/mol. The number of carbonyl (C=O) groups excluding carboxylic acids is 1. The van der Waals surface area contributed by atoms with Gasteiger partial charge in [0.25, 0.3) is 9.84 Å². The second kappa shape index (κ2) is 26.0. The molecule has 3 saturated heterocycles. The van der Waals surface area contributed by atoms with Gasteiger partial charge in [-0.1, -0.05) is 26.0 Å². The zero-order valence-electron chi connectivity index (χ0n) is 46.4.